The number of rotatable bonds is 4. The molecule has 1 aliphatic rings. The normalized spacial score (nSPS) is 21.6. The van der Waals surface area contributed by atoms with Gasteiger partial charge in [-0.1, -0.05) is 0 Å². The van der Waals surface area contributed by atoms with E-state index in [4.69, 9.17) is 4.74 Å². The predicted octanol–water partition coefficient (Wildman–Crippen LogP) is 3.12. The molecule has 0 saturated heterocycles. The van der Waals surface area contributed by atoms with Crippen molar-refractivity contribution in [1.29, 1.82) is 0 Å². The standard InChI is InChI=1S/C15H17N3O3/c1-21-13-5-3-11(9-13)16-15-7-2-10-8-12(18(19)20)4-6-14(10)17-15/h2,4,6-8,11,13H,3,5,9H2,1H3,(H,16,17). The van der Waals surface area contributed by atoms with Crippen molar-refractivity contribution in [2.75, 3.05) is 12.4 Å². The number of anilines is 1. The molecule has 1 heterocycles. The van der Waals surface area contributed by atoms with Crippen molar-refractivity contribution in [3.05, 3.63) is 40.4 Å². The van der Waals surface area contributed by atoms with Crippen LogP contribution in [0.2, 0.25) is 0 Å². The lowest BCUT2D eigenvalue weighted by atomic mass is 10.2. The zero-order valence-corrected chi connectivity index (χ0v) is 11.8. The Bertz CT molecular complexity index is 674. The smallest absolute Gasteiger partial charge is 0.270 e. The number of ether oxygens (including phenoxy) is 1. The van der Waals surface area contributed by atoms with Crippen molar-refractivity contribution in [1.82, 2.24) is 4.98 Å². The molecule has 1 fully saturated rings. The Morgan fingerprint density at radius 2 is 2.19 bits per heavy atom. The molecule has 6 nitrogen and oxygen atoms in total. The van der Waals surface area contributed by atoms with E-state index < -0.39 is 4.92 Å². The molecule has 110 valence electrons. The first-order valence-corrected chi connectivity index (χ1v) is 7.00. The van der Waals surface area contributed by atoms with Crippen LogP contribution in [0, 0.1) is 10.1 Å². The molecule has 1 aromatic heterocycles. The van der Waals surface area contributed by atoms with Gasteiger partial charge >= 0.3 is 0 Å². The van der Waals surface area contributed by atoms with E-state index in [-0.39, 0.29) is 5.69 Å². The largest absolute Gasteiger partial charge is 0.381 e. The van der Waals surface area contributed by atoms with Gasteiger partial charge in [-0.2, -0.15) is 0 Å². The Morgan fingerprint density at radius 3 is 2.90 bits per heavy atom. The van der Waals surface area contributed by atoms with E-state index in [1.165, 1.54) is 6.07 Å². The average Bonchev–Trinajstić information content (AvgIpc) is 2.94. The number of hydrogen-bond acceptors (Lipinski definition) is 5. The number of nitrogens with zero attached hydrogens (tertiary/aromatic N) is 2. The number of hydrogen-bond donors (Lipinski definition) is 1. The van der Waals surface area contributed by atoms with Crippen LogP contribution in [0.25, 0.3) is 10.9 Å². The van der Waals surface area contributed by atoms with Crippen molar-refractivity contribution in [3.8, 4) is 0 Å². The lowest BCUT2D eigenvalue weighted by Gasteiger charge is -2.14. The van der Waals surface area contributed by atoms with E-state index in [0.717, 1.165) is 36.0 Å². The van der Waals surface area contributed by atoms with E-state index in [9.17, 15) is 10.1 Å². The predicted molar refractivity (Wildman–Crippen MR) is 80.5 cm³/mol. The summed E-state index contributed by atoms with van der Waals surface area (Å²) in [6.45, 7) is 0. The summed E-state index contributed by atoms with van der Waals surface area (Å²) in [7, 11) is 1.74. The van der Waals surface area contributed by atoms with Gasteiger partial charge < -0.3 is 10.1 Å². The van der Waals surface area contributed by atoms with E-state index in [0.29, 0.717) is 12.1 Å². The van der Waals surface area contributed by atoms with Crippen LogP contribution in [0.1, 0.15) is 19.3 Å². The highest BCUT2D eigenvalue weighted by molar-refractivity contribution is 5.82. The summed E-state index contributed by atoms with van der Waals surface area (Å²) >= 11 is 0. The van der Waals surface area contributed by atoms with E-state index >= 15 is 0 Å². The van der Waals surface area contributed by atoms with Crippen molar-refractivity contribution >= 4 is 22.4 Å². The highest BCUT2D eigenvalue weighted by Crippen LogP contribution is 2.26. The maximum absolute atomic E-state index is 10.8. The number of methoxy groups -OCH3 is 1. The number of pyridine rings is 1. The van der Waals surface area contributed by atoms with Gasteiger partial charge in [-0.3, -0.25) is 10.1 Å². The fourth-order valence-electron chi connectivity index (χ4n) is 2.80. The summed E-state index contributed by atoms with van der Waals surface area (Å²) in [6.07, 6.45) is 3.44. The van der Waals surface area contributed by atoms with Crippen molar-refractivity contribution in [2.45, 2.75) is 31.4 Å². The summed E-state index contributed by atoms with van der Waals surface area (Å²) < 4.78 is 5.36. The molecule has 3 rings (SSSR count). The Labute approximate surface area is 122 Å². The van der Waals surface area contributed by atoms with Crippen LogP contribution in [-0.4, -0.2) is 29.2 Å². The third kappa shape index (κ3) is 2.95. The molecule has 6 heteroatoms. The van der Waals surface area contributed by atoms with Gasteiger partial charge in [0.25, 0.3) is 5.69 Å². The van der Waals surface area contributed by atoms with Gasteiger partial charge in [0, 0.05) is 30.7 Å². The van der Waals surface area contributed by atoms with Gasteiger partial charge in [0.2, 0.25) is 0 Å². The van der Waals surface area contributed by atoms with Crippen molar-refractivity contribution in [2.24, 2.45) is 0 Å². The number of nitrogens with one attached hydrogen (secondary N) is 1. The zero-order valence-electron chi connectivity index (χ0n) is 11.8. The quantitative estimate of drug-likeness (QED) is 0.690. The Hall–Kier alpha value is -2.21. The summed E-state index contributed by atoms with van der Waals surface area (Å²) in [4.78, 5) is 14.9. The lowest BCUT2D eigenvalue weighted by molar-refractivity contribution is -0.384. The van der Waals surface area contributed by atoms with Crippen LogP contribution < -0.4 is 5.32 Å². The van der Waals surface area contributed by atoms with Crippen LogP contribution >= 0.6 is 0 Å². The number of non-ortho nitro benzene ring substituents is 1. The van der Waals surface area contributed by atoms with Crippen molar-refractivity contribution < 1.29 is 9.66 Å². The fourth-order valence-corrected chi connectivity index (χ4v) is 2.80. The summed E-state index contributed by atoms with van der Waals surface area (Å²) in [6, 6.07) is 8.81. The number of benzene rings is 1. The number of fused-ring (bicyclic) bond motifs is 1. The molecule has 0 radical (unpaired) electrons. The van der Waals surface area contributed by atoms with Gasteiger partial charge in [0.15, 0.2) is 0 Å². The second-order valence-corrected chi connectivity index (χ2v) is 5.34. The minimum Gasteiger partial charge on any atom is -0.381 e. The number of nitro groups is 1. The van der Waals surface area contributed by atoms with E-state index in [1.54, 1.807) is 19.2 Å². The van der Waals surface area contributed by atoms with Crippen LogP contribution in [0.4, 0.5) is 11.5 Å². The summed E-state index contributed by atoms with van der Waals surface area (Å²) in [5.41, 5.74) is 0.843. The third-order valence-corrected chi connectivity index (χ3v) is 3.95. The lowest BCUT2D eigenvalue weighted by Crippen LogP contribution is -2.17. The van der Waals surface area contributed by atoms with E-state index in [2.05, 4.69) is 10.3 Å². The third-order valence-electron chi connectivity index (χ3n) is 3.95. The second kappa shape index (κ2) is 5.65. The first-order valence-electron chi connectivity index (χ1n) is 7.00. The zero-order chi connectivity index (χ0) is 14.8. The monoisotopic (exact) mass is 287 g/mol. The fraction of sp³-hybridized carbons (Fsp3) is 0.400. The molecule has 1 N–H and O–H groups in total. The minimum absolute atomic E-state index is 0.0868. The van der Waals surface area contributed by atoms with Gasteiger partial charge in [-0.05, 0) is 37.5 Å². The first kappa shape index (κ1) is 13.8. The molecule has 0 bridgehead atoms. The summed E-state index contributed by atoms with van der Waals surface area (Å²) in [5, 5.41) is 14.9. The summed E-state index contributed by atoms with van der Waals surface area (Å²) in [5.74, 6) is 0.804. The van der Waals surface area contributed by atoms with Crippen LogP contribution in [0.5, 0.6) is 0 Å². The molecule has 1 saturated carbocycles. The average molecular weight is 287 g/mol. The van der Waals surface area contributed by atoms with Crippen LogP contribution in [-0.2, 0) is 4.74 Å². The van der Waals surface area contributed by atoms with Gasteiger partial charge in [0.1, 0.15) is 5.82 Å². The molecule has 1 aromatic carbocycles. The molecule has 0 spiro atoms. The molecular formula is C15H17N3O3. The molecule has 21 heavy (non-hydrogen) atoms. The Balaban J connectivity index is 1.78. The molecule has 2 aromatic rings. The van der Waals surface area contributed by atoms with Gasteiger partial charge in [-0.25, -0.2) is 4.98 Å². The number of aromatic nitrogens is 1. The number of nitro benzene ring substituents is 1. The van der Waals surface area contributed by atoms with Gasteiger partial charge in [-0.15, -0.1) is 0 Å². The SMILES string of the molecule is COC1CCC(Nc2ccc3cc([N+](=O)[O-])ccc3n2)C1. The Morgan fingerprint density at radius 1 is 1.33 bits per heavy atom. The molecule has 0 aliphatic heterocycles. The molecule has 1 aliphatic carbocycles. The maximum Gasteiger partial charge on any atom is 0.270 e. The highest BCUT2D eigenvalue weighted by Gasteiger charge is 2.24. The topological polar surface area (TPSA) is 77.3 Å². The van der Waals surface area contributed by atoms with E-state index in [1.807, 2.05) is 12.1 Å². The van der Waals surface area contributed by atoms with Crippen LogP contribution in [0.15, 0.2) is 30.3 Å². The molecule has 0 amide bonds. The Kier molecular flexibility index (Phi) is 3.70. The molecule has 2 unspecified atom stereocenters. The molecule has 2 atom stereocenters. The van der Waals surface area contributed by atoms with Crippen LogP contribution in [0.3, 0.4) is 0 Å². The maximum atomic E-state index is 10.8. The minimum atomic E-state index is -0.394. The second-order valence-electron chi connectivity index (χ2n) is 5.34. The highest BCUT2D eigenvalue weighted by atomic mass is 16.6. The van der Waals surface area contributed by atoms with Crippen molar-refractivity contribution in [3.63, 3.8) is 0 Å². The molecular weight excluding hydrogens is 270 g/mol. The van der Waals surface area contributed by atoms with Gasteiger partial charge in [0.05, 0.1) is 16.5 Å². The first-order chi connectivity index (χ1) is 10.2.